The summed E-state index contributed by atoms with van der Waals surface area (Å²) >= 11 is 0. The van der Waals surface area contributed by atoms with Gasteiger partial charge in [0.05, 0.1) is 11.6 Å². The van der Waals surface area contributed by atoms with Crippen molar-refractivity contribution in [3.63, 3.8) is 0 Å². The zero-order chi connectivity index (χ0) is 13.1. The van der Waals surface area contributed by atoms with Gasteiger partial charge in [-0.2, -0.15) is 0 Å². The predicted octanol–water partition coefficient (Wildman–Crippen LogP) is 2.92. The molecule has 1 aliphatic carbocycles. The van der Waals surface area contributed by atoms with Crippen molar-refractivity contribution >= 4 is 5.78 Å². The van der Waals surface area contributed by atoms with Crippen molar-refractivity contribution < 1.29 is 9.53 Å². The van der Waals surface area contributed by atoms with Gasteiger partial charge in [-0.1, -0.05) is 12.8 Å². The van der Waals surface area contributed by atoms with Crippen LogP contribution >= 0.6 is 0 Å². The topological polar surface area (TPSA) is 29.5 Å². The van der Waals surface area contributed by atoms with Crippen LogP contribution in [0.3, 0.4) is 0 Å². The van der Waals surface area contributed by atoms with Crippen LogP contribution in [0.2, 0.25) is 0 Å². The van der Waals surface area contributed by atoms with Crippen molar-refractivity contribution in [1.29, 1.82) is 0 Å². The summed E-state index contributed by atoms with van der Waals surface area (Å²) < 4.78 is 5.66. The van der Waals surface area contributed by atoms with Gasteiger partial charge in [0.15, 0.2) is 5.78 Å². The van der Waals surface area contributed by atoms with Crippen LogP contribution in [0.15, 0.2) is 0 Å². The third-order valence-corrected chi connectivity index (χ3v) is 5.38. The van der Waals surface area contributed by atoms with Crippen LogP contribution in [-0.4, -0.2) is 42.0 Å². The standard InChI is InChI=1S/C16H27NO2/c18-15(8-7-14-6-5-13-19-14)16(9-1-2-10-16)17-11-3-4-12-17/h14H,1-13H2. The summed E-state index contributed by atoms with van der Waals surface area (Å²) in [6, 6.07) is 0. The Bertz CT molecular complexity index is 311. The molecule has 0 N–H and O–H groups in total. The quantitative estimate of drug-likeness (QED) is 0.765. The first kappa shape index (κ1) is 13.6. The Labute approximate surface area is 116 Å². The number of hydrogen-bond donors (Lipinski definition) is 0. The molecule has 0 radical (unpaired) electrons. The first-order valence-corrected chi connectivity index (χ1v) is 8.21. The first-order chi connectivity index (χ1) is 9.31. The second-order valence-electron chi connectivity index (χ2n) is 6.53. The van der Waals surface area contributed by atoms with E-state index in [2.05, 4.69) is 4.90 Å². The Morgan fingerprint density at radius 1 is 1.11 bits per heavy atom. The van der Waals surface area contributed by atoms with Gasteiger partial charge in [0.1, 0.15) is 0 Å². The maximum atomic E-state index is 12.8. The smallest absolute Gasteiger partial charge is 0.153 e. The summed E-state index contributed by atoms with van der Waals surface area (Å²) in [4.78, 5) is 15.3. The van der Waals surface area contributed by atoms with Gasteiger partial charge >= 0.3 is 0 Å². The molecule has 2 aliphatic heterocycles. The van der Waals surface area contributed by atoms with E-state index in [0.29, 0.717) is 11.9 Å². The number of hydrogen-bond acceptors (Lipinski definition) is 3. The van der Waals surface area contributed by atoms with Gasteiger partial charge in [0.2, 0.25) is 0 Å². The number of carbonyl (C=O) groups excluding carboxylic acids is 1. The molecule has 108 valence electrons. The molecule has 3 heteroatoms. The zero-order valence-electron chi connectivity index (χ0n) is 12.0. The van der Waals surface area contributed by atoms with E-state index in [4.69, 9.17) is 4.74 Å². The van der Waals surface area contributed by atoms with Crippen LogP contribution in [0, 0.1) is 0 Å². The Hall–Kier alpha value is -0.410. The Morgan fingerprint density at radius 3 is 2.47 bits per heavy atom. The molecular formula is C16H27NO2. The molecule has 3 aliphatic rings. The minimum absolute atomic E-state index is 0.0743. The number of ether oxygens (including phenoxy) is 1. The normalized spacial score (nSPS) is 31.1. The van der Waals surface area contributed by atoms with Crippen LogP contribution in [0.25, 0.3) is 0 Å². The van der Waals surface area contributed by atoms with Gasteiger partial charge in [-0.05, 0) is 58.0 Å². The van der Waals surface area contributed by atoms with Gasteiger partial charge in [-0.3, -0.25) is 9.69 Å². The molecule has 0 aromatic rings. The summed E-state index contributed by atoms with van der Waals surface area (Å²) in [5.41, 5.74) is -0.0743. The number of Topliss-reactive ketones (excluding diaryl/α,β-unsaturated/α-hetero) is 1. The molecule has 2 saturated heterocycles. The van der Waals surface area contributed by atoms with Crippen molar-refractivity contribution in [2.24, 2.45) is 0 Å². The molecule has 3 fully saturated rings. The van der Waals surface area contributed by atoms with E-state index in [1.165, 1.54) is 32.1 Å². The van der Waals surface area contributed by atoms with Crippen LogP contribution < -0.4 is 0 Å². The molecule has 0 spiro atoms. The van der Waals surface area contributed by atoms with E-state index in [-0.39, 0.29) is 5.54 Å². The summed E-state index contributed by atoms with van der Waals surface area (Å²) in [5.74, 6) is 0.516. The summed E-state index contributed by atoms with van der Waals surface area (Å²) in [5, 5.41) is 0. The zero-order valence-corrected chi connectivity index (χ0v) is 12.0. The van der Waals surface area contributed by atoms with E-state index < -0.39 is 0 Å². The fourth-order valence-electron chi connectivity index (χ4n) is 4.27. The van der Waals surface area contributed by atoms with E-state index in [0.717, 1.165) is 51.8 Å². The van der Waals surface area contributed by atoms with Gasteiger partial charge in [-0.25, -0.2) is 0 Å². The molecule has 1 saturated carbocycles. The molecule has 1 atom stereocenters. The van der Waals surface area contributed by atoms with Crippen molar-refractivity contribution in [3.8, 4) is 0 Å². The highest BCUT2D eigenvalue weighted by Crippen LogP contribution is 2.39. The lowest BCUT2D eigenvalue weighted by Gasteiger charge is -2.37. The number of nitrogens with zero attached hydrogens (tertiary/aromatic N) is 1. The molecular weight excluding hydrogens is 238 g/mol. The van der Waals surface area contributed by atoms with Crippen LogP contribution in [0.1, 0.15) is 64.2 Å². The molecule has 1 unspecified atom stereocenters. The average molecular weight is 265 g/mol. The second kappa shape index (κ2) is 5.92. The molecule has 0 amide bonds. The van der Waals surface area contributed by atoms with Crippen molar-refractivity contribution in [2.45, 2.75) is 75.9 Å². The highest BCUT2D eigenvalue weighted by atomic mass is 16.5. The fraction of sp³-hybridized carbons (Fsp3) is 0.938. The van der Waals surface area contributed by atoms with E-state index in [9.17, 15) is 4.79 Å². The van der Waals surface area contributed by atoms with Crippen molar-refractivity contribution in [3.05, 3.63) is 0 Å². The molecule has 2 heterocycles. The minimum atomic E-state index is -0.0743. The summed E-state index contributed by atoms with van der Waals surface area (Å²) in [7, 11) is 0. The lowest BCUT2D eigenvalue weighted by atomic mass is 9.86. The Balaban J connectivity index is 1.60. The van der Waals surface area contributed by atoms with Crippen molar-refractivity contribution in [2.75, 3.05) is 19.7 Å². The predicted molar refractivity (Wildman–Crippen MR) is 75.2 cm³/mol. The van der Waals surface area contributed by atoms with Crippen LogP contribution in [0.5, 0.6) is 0 Å². The molecule has 19 heavy (non-hydrogen) atoms. The fourth-order valence-corrected chi connectivity index (χ4v) is 4.27. The van der Waals surface area contributed by atoms with Gasteiger partial charge in [0.25, 0.3) is 0 Å². The first-order valence-electron chi connectivity index (χ1n) is 8.21. The summed E-state index contributed by atoms with van der Waals surface area (Å²) in [6.07, 6.45) is 11.6. The van der Waals surface area contributed by atoms with Gasteiger partial charge in [-0.15, -0.1) is 0 Å². The molecule has 0 aromatic carbocycles. The summed E-state index contributed by atoms with van der Waals surface area (Å²) in [6.45, 7) is 3.19. The second-order valence-corrected chi connectivity index (χ2v) is 6.53. The lowest BCUT2D eigenvalue weighted by molar-refractivity contribution is -0.131. The minimum Gasteiger partial charge on any atom is -0.378 e. The monoisotopic (exact) mass is 265 g/mol. The maximum absolute atomic E-state index is 12.8. The molecule has 3 rings (SSSR count). The molecule has 3 nitrogen and oxygen atoms in total. The van der Waals surface area contributed by atoms with Crippen molar-refractivity contribution in [1.82, 2.24) is 4.90 Å². The average Bonchev–Trinajstić information content (AvgIpc) is 3.15. The number of likely N-dealkylation sites (tertiary alicyclic amines) is 1. The third-order valence-electron chi connectivity index (χ3n) is 5.38. The number of carbonyl (C=O) groups is 1. The number of rotatable bonds is 5. The van der Waals surface area contributed by atoms with E-state index in [1.807, 2.05) is 0 Å². The van der Waals surface area contributed by atoms with E-state index in [1.54, 1.807) is 0 Å². The highest BCUT2D eigenvalue weighted by Gasteiger charge is 2.45. The third kappa shape index (κ3) is 2.73. The Kier molecular flexibility index (Phi) is 4.23. The highest BCUT2D eigenvalue weighted by molar-refractivity contribution is 5.88. The molecule has 0 bridgehead atoms. The largest absolute Gasteiger partial charge is 0.378 e. The van der Waals surface area contributed by atoms with Crippen LogP contribution in [0.4, 0.5) is 0 Å². The Morgan fingerprint density at radius 2 is 1.84 bits per heavy atom. The van der Waals surface area contributed by atoms with Gasteiger partial charge < -0.3 is 4.74 Å². The van der Waals surface area contributed by atoms with Crippen LogP contribution in [-0.2, 0) is 9.53 Å². The van der Waals surface area contributed by atoms with Gasteiger partial charge in [0, 0.05) is 13.0 Å². The maximum Gasteiger partial charge on any atom is 0.153 e. The number of ketones is 1. The SMILES string of the molecule is O=C(CCC1CCCO1)C1(N2CCCC2)CCCC1. The van der Waals surface area contributed by atoms with E-state index >= 15 is 0 Å². The molecule has 0 aromatic heterocycles. The lowest BCUT2D eigenvalue weighted by Crippen LogP contribution is -2.51.